The Hall–Kier alpha value is -5.22. The van der Waals surface area contributed by atoms with Gasteiger partial charge in [0.25, 0.3) is 0 Å². The molecule has 0 fully saturated rings. The molecule has 1 aliphatic carbocycles. The van der Waals surface area contributed by atoms with Gasteiger partial charge in [-0.25, -0.2) is 0 Å². The highest BCUT2D eigenvalue weighted by Crippen LogP contribution is 2.54. The molecule has 0 saturated heterocycles. The molecule has 0 unspecified atom stereocenters. The Morgan fingerprint density at radius 3 is 1.68 bits per heavy atom. The fourth-order valence-corrected chi connectivity index (χ4v) is 6.46. The molecule has 0 saturated carbocycles. The second-order valence-electron chi connectivity index (χ2n) is 10.6. The normalized spacial score (nSPS) is 12.9. The first-order valence-corrected chi connectivity index (χ1v) is 13.7. The molecule has 6 aromatic rings. The summed E-state index contributed by atoms with van der Waals surface area (Å²) in [5.74, 6) is -2.38. The summed E-state index contributed by atoms with van der Waals surface area (Å²) in [5.41, 5.74) is 8.65. The average molecular weight is 537 g/mol. The van der Waals surface area contributed by atoms with Crippen LogP contribution in [0.15, 0.2) is 97.1 Å². The van der Waals surface area contributed by atoms with E-state index < -0.39 is 23.0 Å². The number of aromatic hydroxyl groups is 4. The van der Waals surface area contributed by atoms with Crippen LogP contribution in [-0.2, 0) is 6.42 Å². The van der Waals surface area contributed by atoms with Gasteiger partial charge in [-0.05, 0) is 74.7 Å². The van der Waals surface area contributed by atoms with Crippen LogP contribution in [0, 0.1) is 6.92 Å². The van der Waals surface area contributed by atoms with E-state index in [4.69, 9.17) is 0 Å². The minimum absolute atomic E-state index is 0.288. The van der Waals surface area contributed by atoms with E-state index in [0.29, 0.717) is 11.1 Å². The number of phenolic OH excluding ortho intramolecular Hbond substituents is 4. The number of benzene rings is 6. The molecule has 4 nitrogen and oxygen atoms in total. The monoisotopic (exact) mass is 536 g/mol. The first kappa shape index (κ1) is 24.8. The second-order valence-corrected chi connectivity index (χ2v) is 10.6. The molecule has 0 radical (unpaired) electrons. The van der Waals surface area contributed by atoms with Crippen molar-refractivity contribution in [1.82, 2.24) is 0 Å². The van der Waals surface area contributed by atoms with Crippen LogP contribution >= 0.6 is 0 Å². The highest BCUT2D eigenvalue weighted by molar-refractivity contribution is 6.22. The summed E-state index contributed by atoms with van der Waals surface area (Å²) >= 11 is 0. The van der Waals surface area contributed by atoms with Crippen LogP contribution in [0.2, 0.25) is 0 Å². The first-order valence-electron chi connectivity index (χ1n) is 13.7. The lowest BCUT2D eigenvalue weighted by Gasteiger charge is -2.24. The van der Waals surface area contributed by atoms with Crippen molar-refractivity contribution in [2.45, 2.75) is 19.8 Å². The lowest BCUT2D eigenvalue weighted by Crippen LogP contribution is -2.02. The largest absolute Gasteiger partial charge is 0.504 e. The number of hydrogen-bond donors (Lipinski definition) is 4. The predicted octanol–water partition coefficient (Wildman–Crippen LogP) is 8.94. The van der Waals surface area contributed by atoms with Gasteiger partial charge in [-0.2, -0.15) is 0 Å². The van der Waals surface area contributed by atoms with Gasteiger partial charge in [-0.3, -0.25) is 0 Å². The number of allylic oxidation sites excluding steroid dienone is 1. The summed E-state index contributed by atoms with van der Waals surface area (Å²) in [7, 11) is 0. The zero-order valence-electron chi connectivity index (χ0n) is 22.5. The molecule has 200 valence electrons. The van der Waals surface area contributed by atoms with Crippen LogP contribution in [-0.4, -0.2) is 20.4 Å². The van der Waals surface area contributed by atoms with Gasteiger partial charge < -0.3 is 20.4 Å². The van der Waals surface area contributed by atoms with Crippen molar-refractivity contribution in [3.63, 3.8) is 0 Å². The van der Waals surface area contributed by atoms with Crippen LogP contribution in [0.3, 0.4) is 0 Å². The number of fused-ring (bicyclic) bond motifs is 3. The van der Waals surface area contributed by atoms with E-state index in [1.54, 1.807) is 6.92 Å². The Morgan fingerprint density at radius 1 is 0.488 bits per heavy atom. The summed E-state index contributed by atoms with van der Waals surface area (Å²) in [6.45, 7) is 1.63. The summed E-state index contributed by atoms with van der Waals surface area (Å²) in [4.78, 5) is 0. The Kier molecular flexibility index (Phi) is 5.72. The summed E-state index contributed by atoms with van der Waals surface area (Å²) in [5, 5.41) is 46.2. The molecule has 0 aromatic heterocycles. The highest BCUT2D eigenvalue weighted by Gasteiger charge is 2.27. The maximum Gasteiger partial charge on any atom is 0.204 e. The number of rotatable bonds is 3. The van der Waals surface area contributed by atoms with E-state index >= 15 is 0 Å². The van der Waals surface area contributed by atoms with Crippen molar-refractivity contribution < 1.29 is 20.4 Å². The molecule has 0 heterocycles. The summed E-state index contributed by atoms with van der Waals surface area (Å²) in [6.07, 6.45) is 4.16. The molecule has 0 aliphatic heterocycles. The van der Waals surface area contributed by atoms with Crippen molar-refractivity contribution >= 4 is 33.2 Å². The van der Waals surface area contributed by atoms with Crippen molar-refractivity contribution in [2.75, 3.05) is 0 Å². The Bertz CT molecular complexity index is 1950. The van der Waals surface area contributed by atoms with E-state index in [2.05, 4.69) is 60.7 Å². The minimum Gasteiger partial charge on any atom is -0.504 e. The molecule has 4 N–H and O–H groups in total. The SMILES string of the molecule is Cc1c(O)c(O)c(O)c(O)c1-c1c2ccccc2c(-c2cccc3c2CCC(c2ccccc2)=C3)c2ccccc12. The van der Waals surface area contributed by atoms with Crippen LogP contribution in [0.4, 0.5) is 0 Å². The van der Waals surface area contributed by atoms with Crippen LogP contribution in [0.5, 0.6) is 23.0 Å². The zero-order chi connectivity index (χ0) is 28.2. The van der Waals surface area contributed by atoms with Gasteiger partial charge in [-0.15, -0.1) is 0 Å². The average Bonchev–Trinajstić information content (AvgIpc) is 3.02. The molecule has 4 heteroatoms. The molecule has 0 bridgehead atoms. The van der Waals surface area contributed by atoms with Gasteiger partial charge in [-0.1, -0.05) is 103 Å². The standard InChI is InChI=1S/C37H28O4/c1-21-31(35(39)37(41)36(40)34(21)38)33-29-15-7-5-13-27(29)32(28-14-6-8-16-30(28)33)26-17-9-12-24-20-23(18-19-25(24)26)22-10-3-2-4-11-22/h2-17,20,38-41H,18-19H2,1H3. The highest BCUT2D eigenvalue weighted by atomic mass is 16.3. The lowest BCUT2D eigenvalue weighted by molar-refractivity contribution is 0.345. The Labute approximate surface area is 237 Å². The molecule has 6 aromatic carbocycles. The van der Waals surface area contributed by atoms with Crippen molar-refractivity contribution in [3.8, 4) is 45.3 Å². The van der Waals surface area contributed by atoms with Crippen LogP contribution in [0.25, 0.3) is 55.4 Å². The maximum absolute atomic E-state index is 11.1. The third-order valence-electron chi connectivity index (χ3n) is 8.42. The number of hydrogen-bond acceptors (Lipinski definition) is 4. The predicted molar refractivity (Wildman–Crippen MR) is 166 cm³/mol. The van der Waals surface area contributed by atoms with Gasteiger partial charge in [0.05, 0.1) is 0 Å². The Morgan fingerprint density at radius 2 is 1.05 bits per heavy atom. The van der Waals surface area contributed by atoms with Gasteiger partial charge in [0.15, 0.2) is 11.5 Å². The quantitative estimate of drug-likeness (QED) is 0.103. The Balaban J connectivity index is 1.56. The van der Waals surface area contributed by atoms with Gasteiger partial charge in [0.2, 0.25) is 11.5 Å². The van der Waals surface area contributed by atoms with Crippen molar-refractivity contribution in [3.05, 3.63) is 119 Å². The van der Waals surface area contributed by atoms with E-state index in [1.165, 1.54) is 27.8 Å². The number of phenols is 4. The third kappa shape index (κ3) is 3.75. The van der Waals surface area contributed by atoms with Gasteiger partial charge >= 0.3 is 0 Å². The van der Waals surface area contributed by atoms with E-state index in [1.807, 2.05) is 42.5 Å². The second kappa shape index (κ2) is 9.46. The third-order valence-corrected chi connectivity index (χ3v) is 8.42. The molecular formula is C37H28O4. The van der Waals surface area contributed by atoms with Gasteiger partial charge in [0, 0.05) is 16.7 Å². The van der Waals surface area contributed by atoms with Crippen LogP contribution < -0.4 is 0 Å². The van der Waals surface area contributed by atoms with E-state index in [-0.39, 0.29) is 5.56 Å². The smallest absolute Gasteiger partial charge is 0.204 e. The molecule has 0 spiro atoms. The topological polar surface area (TPSA) is 80.9 Å². The van der Waals surface area contributed by atoms with Crippen molar-refractivity contribution in [2.24, 2.45) is 0 Å². The fraction of sp³-hybridized carbons (Fsp3) is 0.0811. The zero-order valence-corrected chi connectivity index (χ0v) is 22.5. The summed E-state index contributed by atoms with van der Waals surface area (Å²) in [6, 6.07) is 33.1. The molecular weight excluding hydrogens is 508 g/mol. The first-order chi connectivity index (χ1) is 20.0. The minimum atomic E-state index is -0.738. The van der Waals surface area contributed by atoms with Gasteiger partial charge in [0.1, 0.15) is 0 Å². The molecule has 0 amide bonds. The molecule has 7 rings (SSSR count). The fourth-order valence-electron chi connectivity index (χ4n) is 6.46. The summed E-state index contributed by atoms with van der Waals surface area (Å²) < 4.78 is 0. The van der Waals surface area contributed by atoms with E-state index in [0.717, 1.165) is 39.9 Å². The maximum atomic E-state index is 11.1. The lowest BCUT2D eigenvalue weighted by atomic mass is 9.80. The van der Waals surface area contributed by atoms with Crippen molar-refractivity contribution in [1.29, 1.82) is 0 Å². The molecule has 41 heavy (non-hydrogen) atoms. The van der Waals surface area contributed by atoms with E-state index in [9.17, 15) is 20.4 Å². The van der Waals surface area contributed by atoms with Crippen LogP contribution in [0.1, 0.15) is 28.7 Å². The molecule has 1 aliphatic rings. The molecule has 0 atom stereocenters.